The fourth-order valence-electron chi connectivity index (χ4n) is 3.38. The first kappa shape index (κ1) is 22.0. The van der Waals surface area contributed by atoms with Crippen molar-refractivity contribution in [3.05, 3.63) is 29.8 Å². The minimum absolute atomic E-state index is 0. The molecule has 1 aliphatic heterocycles. The molecule has 1 aromatic rings. The number of likely N-dealkylation sites (N-methyl/N-ethyl adjacent to an activating group) is 1. The van der Waals surface area contributed by atoms with E-state index in [9.17, 15) is 0 Å². The van der Waals surface area contributed by atoms with Gasteiger partial charge in [0.15, 0.2) is 5.96 Å². The Balaban J connectivity index is 0.00000312. The van der Waals surface area contributed by atoms with Gasteiger partial charge in [-0.2, -0.15) is 0 Å². The number of nitrogens with one attached hydrogen (secondary N) is 1. The van der Waals surface area contributed by atoms with Crippen LogP contribution in [0.5, 0.6) is 5.75 Å². The van der Waals surface area contributed by atoms with Gasteiger partial charge in [-0.3, -0.25) is 9.89 Å². The topological polar surface area (TPSA) is 40.1 Å². The normalized spacial score (nSPS) is 18.4. The second-order valence-corrected chi connectivity index (χ2v) is 6.41. The minimum Gasteiger partial charge on any atom is -0.497 e. The monoisotopic (exact) mass is 460 g/mol. The van der Waals surface area contributed by atoms with Gasteiger partial charge in [0.25, 0.3) is 0 Å². The van der Waals surface area contributed by atoms with Crippen LogP contribution in [0, 0.1) is 0 Å². The maximum Gasteiger partial charge on any atom is 0.193 e. The SMILES string of the molecule is CCN1CCCCC1CNC(=NC)N(C)Cc1ccc(OC)cc1.I. The van der Waals surface area contributed by atoms with Gasteiger partial charge >= 0.3 is 0 Å². The Bertz CT molecular complexity index is 521. The highest BCUT2D eigenvalue weighted by atomic mass is 127. The first-order chi connectivity index (χ1) is 11.7. The molecule has 0 radical (unpaired) electrons. The number of guanidine groups is 1. The number of methoxy groups -OCH3 is 1. The van der Waals surface area contributed by atoms with E-state index in [0.29, 0.717) is 6.04 Å². The van der Waals surface area contributed by atoms with E-state index in [1.54, 1.807) is 7.11 Å². The predicted molar refractivity (Wildman–Crippen MR) is 116 cm³/mol. The molecule has 0 amide bonds. The summed E-state index contributed by atoms with van der Waals surface area (Å²) >= 11 is 0. The third-order valence-electron chi connectivity index (χ3n) is 4.80. The van der Waals surface area contributed by atoms with Crippen LogP contribution in [0.3, 0.4) is 0 Å². The summed E-state index contributed by atoms with van der Waals surface area (Å²) in [6.45, 7) is 6.40. The Morgan fingerprint density at radius 2 is 2.04 bits per heavy atom. The number of aliphatic imine (C=N–C) groups is 1. The standard InChI is InChI=1S/C19H32N4O.HI/c1-5-23-13-7-6-8-17(23)14-21-19(20-2)22(3)15-16-9-11-18(24-4)12-10-16;/h9-12,17H,5-8,13-15H2,1-4H3,(H,20,21);1H. The summed E-state index contributed by atoms with van der Waals surface area (Å²) in [4.78, 5) is 9.19. The average molecular weight is 460 g/mol. The quantitative estimate of drug-likeness (QED) is 0.402. The van der Waals surface area contributed by atoms with Crippen molar-refractivity contribution in [2.24, 2.45) is 4.99 Å². The predicted octanol–water partition coefficient (Wildman–Crippen LogP) is 3.19. The average Bonchev–Trinajstić information content (AvgIpc) is 2.63. The Kier molecular flexibility index (Phi) is 10.2. The molecule has 0 aliphatic carbocycles. The molecule has 0 spiro atoms. The molecular weight excluding hydrogens is 427 g/mol. The lowest BCUT2D eigenvalue weighted by Gasteiger charge is -2.35. The molecule has 25 heavy (non-hydrogen) atoms. The molecule has 0 saturated carbocycles. The second kappa shape index (κ2) is 11.6. The van der Waals surface area contributed by atoms with Crippen molar-refractivity contribution in [2.75, 3.05) is 40.8 Å². The number of hydrogen-bond acceptors (Lipinski definition) is 3. The number of piperidine rings is 1. The molecule has 5 nitrogen and oxygen atoms in total. The van der Waals surface area contributed by atoms with Gasteiger partial charge in [0.2, 0.25) is 0 Å². The zero-order valence-electron chi connectivity index (χ0n) is 16.0. The third kappa shape index (κ3) is 6.66. The highest BCUT2D eigenvalue weighted by molar-refractivity contribution is 14.0. The lowest BCUT2D eigenvalue weighted by molar-refractivity contribution is 0.156. The number of likely N-dealkylation sites (tertiary alicyclic amines) is 1. The van der Waals surface area contributed by atoms with Gasteiger partial charge in [0.05, 0.1) is 7.11 Å². The highest BCUT2D eigenvalue weighted by Gasteiger charge is 2.21. The molecular formula is C19H33IN4O. The van der Waals surface area contributed by atoms with Crippen LogP contribution in [0.25, 0.3) is 0 Å². The van der Waals surface area contributed by atoms with Gasteiger partial charge in [-0.25, -0.2) is 0 Å². The van der Waals surface area contributed by atoms with Gasteiger partial charge in [-0.15, -0.1) is 24.0 Å². The summed E-state index contributed by atoms with van der Waals surface area (Å²) in [5.41, 5.74) is 1.24. The van der Waals surface area contributed by atoms with Crippen molar-refractivity contribution < 1.29 is 4.74 Å². The van der Waals surface area contributed by atoms with Crippen molar-refractivity contribution >= 4 is 29.9 Å². The van der Waals surface area contributed by atoms with Gasteiger partial charge in [0, 0.05) is 33.2 Å². The van der Waals surface area contributed by atoms with Crippen LogP contribution in [0.4, 0.5) is 0 Å². The Morgan fingerprint density at radius 3 is 2.64 bits per heavy atom. The number of rotatable bonds is 6. The largest absolute Gasteiger partial charge is 0.497 e. The van der Waals surface area contributed by atoms with Gasteiger partial charge in [-0.05, 0) is 43.6 Å². The zero-order valence-corrected chi connectivity index (χ0v) is 18.3. The van der Waals surface area contributed by atoms with Crippen LogP contribution >= 0.6 is 24.0 Å². The minimum atomic E-state index is 0. The van der Waals surface area contributed by atoms with Crippen molar-refractivity contribution in [1.29, 1.82) is 0 Å². The molecule has 6 heteroatoms. The van der Waals surface area contributed by atoms with Crippen molar-refractivity contribution in [2.45, 2.75) is 38.8 Å². The summed E-state index contributed by atoms with van der Waals surface area (Å²) < 4.78 is 5.21. The lowest BCUT2D eigenvalue weighted by Crippen LogP contribution is -2.49. The molecule has 1 heterocycles. The third-order valence-corrected chi connectivity index (χ3v) is 4.80. The molecule has 1 unspecified atom stereocenters. The first-order valence-electron chi connectivity index (χ1n) is 8.96. The molecule has 1 atom stereocenters. The van der Waals surface area contributed by atoms with Crippen LogP contribution in [0.15, 0.2) is 29.3 Å². The summed E-state index contributed by atoms with van der Waals surface area (Å²) in [5.74, 6) is 1.84. The van der Waals surface area contributed by atoms with Gasteiger partial charge in [-0.1, -0.05) is 25.5 Å². The van der Waals surface area contributed by atoms with E-state index in [4.69, 9.17) is 4.74 Å². The lowest BCUT2D eigenvalue weighted by atomic mass is 10.0. The zero-order chi connectivity index (χ0) is 17.4. The van der Waals surface area contributed by atoms with E-state index in [0.717, 1.165) is 31.3 Å². The smallest absolute Gasteiger partial charge is 0.193 e. The maximum atomic E-state index is 5.21. The van der Waals surface area contributed by atoms with E-state index >= 15 is 0 Å². The number of ether oxygens (including phenoxy) is 1. The van der Waals surface area contributed by atoms with Crippen molar-refractivity contribution in [1.82, 2.24) is 15.1 Å². The molecule has 142 valence electrons. The fraction of sp³-hybridized carbons (Fsp3) is 0.632. The molecule has 1 aromatic carbocycles. The number of nitrogens with zero attached hydrogens (tertiary/aromatic N) is 3. The van der Waals surface area contributed by atoms with Crippen molar-refractivity contribution in [3.8, 4) is 5.75 Å². The van der Waals surface area contributed by atoms with Crippen LogP contribution < -0.4 is 10.1 Å². The summed E-state index contributed by atoms with van der Waals surface area (Å²) in [6.07, 6.45) is 3.94. The number of halogens is 1. The highest BCUT2D eigenvalue weighted by Crippen LogP contribution is 2.16. The summed E-state index contributed by atoms with van der Waals surface area (Å²) in [5, 5.41) is 3.56. The van der Waals surface area contributed by atoms with Crippen LogP contribution in [-0.4, -0.2) is 62.6 Å². The van der Waals surface area contributed by atoms with Crippen LogP contribution in [0.2, 0.25) is 0 Å². The Hall–Kier alpha value is -1.02. The second-order valence-electron chi connectivity index (χ2n) is 6.41. The van der Waals surface area contributed by atoms with E-state index in [-0.39, 0.29) is 24.0 Å². The number of hydrogen-bond donors (Lipinski definition) is 1. The van der Waals surface area contributed by atoms with E-state index < -0.39 is 0 Å². The van der Waals surface area contributed by atoms with E-state index in [1.807, 2.05) is 19.2 Å². The van der Waals surface area contributed by atoms with Gasteiger partial charge < -0.3 is 15.0 Å². The molecule has 0 aromatic heterocycles. The number of benzene rings is 1. The molecule has 1 saturated heterocycles. The summed E-state index contributed by atoms with van der Waals surface area (Å²) in [7, 11) is 5.63. The van der Waals surface area contributed by atoms with E-state index in [1.165, 1.54) is 31.4 Å². The van der Waals surface area contributed by atoms with Gasteiger partial charge in [0.1, 0.15) is 5.75 Å². The maximum absolute atomic E-state index is 5.21. The Labute approximate surface area is 169 Å². The van der Waals surface area contributed by atoms with Crippen LogP contribution in [0.1, 0.15) is 31.7 Å². The molecule has 1 N–H and O–H groups in total. The first-order valence-corrected chi connectivity index (χ1v) is 8.96. The molecule has 1 aliphatic rings. The van der Waals surface area contributed by atoms with E-state index in [2.05, 4.69) is 46.2 Å². The molecule has 0 bridgehead atoms. The Morgan fingerprint density at radius 1 is 1.32 bits per heavy atom. The van der Waals surface area contributed by atoms with Crippen molar-refractivity contribution in [3.63, 3.8) is 0 Å². The summed E-state index contributed by atoms with van der Waals surface area (Å²) in [6, 6.07) is 8.82. The molecule has 2 rings (SSSR count). The molecule has 1 fully saturated rings. The van der Waals surface area contributed by atoms with Crippen LogP contribution in [-0.2, 0) is 6.54 Å². The fourth-order valence-corrected chi connectivity index (χ4v) is 3.38.